The first-order valence-corrected chi connectivity index (χ1v) is 8.95. The SMILES string of the molecule is CC(C)(C)OC(=O)N1CCC(C(=O)Nc2ccc3ncccc3c2)CC1. The number of hydrogen-bond acceptors (Lipinski definition) is 4. The molecule has 2 heterocycles. The number of nitrogens with one attached hydrogen (secondary N) is 1. The van der Waals surface area contributed by atoms with Crippen molar-refractivity contribution < 1.29 is 14.3 Å². The molecule has 0 saturated carbocycles. The molecular formula is C20H25N3O3. The van der Waals surface area contributed by atoms with E-state index in [4.69, 9.17) is 4.74 Å². The monoisotopic (exact) mass is 355 g/mol. The molecule has 1 N–H and O–H groups in total. The molecule has 1 aromatic carbocycles. The van der Waals surface area contributed by atoms with Crippen LogP contribution in [0.5, 0.6) is 0 Å². The zero-order chi connectivity index (χ0) is 18.7. The fraction of sp³-hybridized carbons (Fsp3) is 0.450. The predicted molar refractivity (Wildman–Crippen MR) is 101 cm³/mol. The summed E-state index contributed by atoms with van der Waals surface area (Å²) in [5.74, 6) is -0.102. The molecule has 6 heteroatoms. The van der Waals surface area contributed by atoms with Crippen LogP contribution in [0.2, 0.25) is 0 Å². The van der Waals surface area contributed by atoms with Crippen molar-refractivity contribution in [2.45, 2.75) is 39.2 Å². The Morgan fingerprint density at radius 3 is 2.62 bits per heavy atom. The summed E-state index contributed by atoms with van der Waals surface area (Å²) in [6.07, 6.45) is 2.72. The number of fused-ring (bicyclic) bond motifs is 1. The van der Waals surface area contributed by atoms with Gasteiger partial charge in [-0.1, -0.05) is 6.07 Å². The smallest absolute Gasteiger partial charge is 0.410 e. The molecule has 1 fully saturated rings. The van der Waals surface area contributed by atoms with Gasteiger partial charge in [0.15, 0.2) is 0 Å². The number of carbonyl (C=O) groups excluding carboxylic acids is 2. The van der Waals surface area contributed by atoms with Gasteiger partial charge in [0.25, 0.3) is 0 Å². The van der Waals surface area contributed by atoms with E-state index >= 15 is 0 Å². The molecule has 6 nitrogen and oxygen atoms in total. The molecule has 1 aliphatic heterocycles. The lowest BCUT2D eigenvalue weighted by Crippen LogP contribution is -2.43. The average Bonchev–Trinajstić information content (AvgIpc) is 2.60. The Morgan fingerprint density at radius 2 is 1.92 bits per heavy atom. The van der Waals surface area contributed by atoms with Gasteiger partial charge in [-0.2, -0.15) is 0 Å². The van der Waals surface area contributed by atoms with Crippen molar-refractivity contribution >= 4 is 28.6 Å². The van der Waals surface area contributed by atoms with Gasteiger partial charge in [0.1, 0.15) is 5.60 Å². The van der Waals surface area contributed by atoms with Crippen molar-refractivity contribution in [2.75, 3.05) is 18.4 Å². The number of aromatic nitrogens is 1. The Morgan fingerprint density at radius 1 is 1.19 bits per heavy atom. The number of pyridine rings is 1. The van der Waals surface area contributed by atoms with Gasteiger partial charge in [0.2, 0.25) is 5.91 Å². The van der Waals surface area contributed by atoms with E-state index in [1.807, 2.05) is 51.1 Å². The third-order valence-corrected chi connectivity index (χ3v) is 4.39. The molecule has 26 heavy (non-hydrogen) atoms. The van der Waals surface area contributed by atoms with Crippen LogP contribution in [0.3, 0.4) is 0 Å². The van der Waals surface area contributed by atoms with E-state index in [2.05, 4.69) is 10.3 Å². The standard InChI is InChI=1S/C20H25N3O3/c1-20(2,3)26-19(25)23-11-8-14(9-12-23)18(24)22-16-6-7-17-15(13-16)5-4-10-21-17/h4-7,10,13-14H,8-9,11-12H2,1-3H3,(H,22,24). The predicted octanol–water partition coefficient (Wildman–Crippen LogP) is 3.82. The maximum absolute atomic E-state index is 12.5. The fourth-order valence-electron chi connectivity index (χ4n) is 3.05. The summed E-state index contributed by atoms with van der Waals surface area (Å²) in [6.45, 7) is 6.63. The summed E-state index contributed by atoms with van der Waals surface area (Å²) in [7, 11) is 0. The second-order valence-electron chi connectivity index (χ2n) is 7.64. The largest absolute Gasteiger partial charge is 0.444 e. The number of hydrogen-bond donors (Lipinski definition) is 1. The quantitative estimate of drug-likeness (QED) is 0.889. The second-order valence-corrected chi connectivity index (χ2v) is 7.64. The number of piperidine rings is 1. The van der Waals surface area contributed by atoms with Crippen molar-refractivity contribution in [2.24, 2.45) is 5.92 Å². The minimum absolute atomic E-state index is 0.00270. The number of benzene rings is 1. The summed E-state index contributed by atoms with van der Waals surface area (Å²) in [4.78, 5) is 30.6. The highest BCUT2D eigenvalue weighted by Crippen LogP contribution is 2.23. The summed E-state index contributed by atoms with van der Waals surface area (Å²) in [5.41, 5.74) is 1.16. The van der Waals surface area contributed by atoms with E-state index in [-0.39, 0.29) is 17.9 Å². The Bertz CT molecular complexity index is 805. The lowest BCUT2D eigenvalue weighted by molar-refractivity contribution is -0.121. The minimum atomic E-state index is -0.504. The van der Waals surface area contributed by atoms with Crippen molar-refractivity contribution in [3.63, 3.8) is 0 Å². The van der Waals surface area contributed by atoms with Crippen LogP contribution in [-0.2, 0) is 9.53 Å². The van der Waals surface area contributed by atoms with Gasteiger partial charge in [-0.05, 0) is 57.9 Å². The molecule has 138 valence electrons. The number of carbonyl (C=O) groups is 2. The number of anilines is 1. The molecule has 0 radical (unpaired) electrons. The van der Waals surface area contributed by atoms with Crippen LogP contribution in [0.15, 0.2) is 36.5 Å². The Hall–Kier alpha value is -2.63. The van der Waals surface area contributed by atoms with Crippen LogP contribution in [0.1, 0.15) is 33.6 Å². The molecule has 0 aliphatic carbocycles. The molecule has 1 aliphatic rings. The fourth-order valence-corrected chi connectivity index (χ4v) is 3.05. The zero-order valence-corrected chi connectivity index (χ0v) is 15.5. The normalized spacial score (nSPS) is 15.7. The molecule has 2 aromatic rings. The van der Waals surface area contributed by atoms with Crippen molar-refractivity contribution in [1.82, 2.24) is 9.88 Å². The van der Waals surface area contributed by atoms with Gasteiger partial charge >= 0.3 is 6.09 Å². The number of amides is 2. The van der Waals surface area contributed by atoms with Crippen LogP contribution in [0.25, 0.3) is 10.9 Å². The number of rotatable bonds is 2. The molecule has 0 spiro atoms. The Kier molecular flexibility index (Phi) is 5.11. The van der Waals surface area contributed by atoms with Crippen LogP contribution in [-0.4, -0.2) is 40.6 Å². The maximum atomic E-state index is 12.5. The first kappa shape index (κ1) is 18.2. The first-order valence-electron chi connectivity index (χ1n) is 8.95. The molecule has 0 atom stereocenters. The van der Waals surface area contributed by atoms with E-state index in [0.717, 1.165) is 16.6 Å². The van der Waals surface area contributed by atoms with Crippen molar-refractivity contribution in [3.8, 4) is 0 Å². The minimum Gasteiger partial charge on any atom is -0.444 e. The lowest BCUT2D eigenvalue weighted by atomic mass is 9.96. The van der Waals surface area contributed by atoms with Crippen molar-refractivity contribution in [1.29, 1.82) is 0 Å². The average molecular weight is 355 g/mol. The van der Waals surface area contributed by atoms with Crippen LogP contribution >= 0.6 is 0 Å². The van der Waals surface area contributed by atoms with Crippen LogP contribution in [0, 0.1) is 5.92 Å². The molecule has 1 aromatic heterocycles. The third-order valence-electron chi connectivity index (χ3n) is 4.39. The second kappa shape index (κ2) is 7.32. The van der Waals surface area contributed by atoms with E-state index in [1.165, 1.54) is 0 Å². The van der Waals surface area contributed by atoms with Gasteiger partial charge in [-0.15, -0.1) is 0 Å². The van der Waals surface area contributed by atoms with Crippen molar-refractivity contribution in [3.05, 3.63) is 36.5 Å². The van der Waals surface area contributed by atoms with E-state index in [1.54, 1.807) is 11.1 Å². The number of nitrogens with zero attached hydrogens (tertiary/aromatic N) is 2. The molecule has 2 amide bonds. The molecule has 0 unspecified atom stereocenters. The molecule has 1 saturated heterocycles. The molecular weight excluding hydrogens is 330 g/mol. The molecule has 3 rings (SSSR count). The highest BCUT2D eigenvalue weighted by molar-refractivity contribution is 5.95. The third kappa shape index (κ3) is 4.50. The van der Waals surface area contributed by atoms with Crippen LogP contribution in [0.4, 0.5) is 10.5 Å². The van der Waals surface area contributed by atoms with Gasteiger partial charge < -0.3 is 15.0 Å². The number of likely N-dealkylation sites (tertiary alicyclic amines) is 1. The van der Waals surface area contributed by atoms with Gasteiger partial charge in [-0.3, -0.25) is 9.78 Å². The highest BCUT2D eigenvalue weighted by atomic mass is 16.6. The summed E-state index contributed by atoms with van der Waals surface area (Å²) < 4.78 is 5.39. The topological polar surface area (TPSA) is 71.5 Å². The lowest BCUT2D eigenvalue weighted by Gasteiger charge is -2.32. The zero-order valence-electron chi connectivity index (χ0n) is 15.5. The van der Waals surface area contributed by atoms with Gasteiger partial charge in [0.05, 0.1) is 5.52 Å². The van der Waals surface area contributed by atoms with Gasteiger partial charge in [-0.25, -0.2) is 4.79 Å². The summed E-state index contributed by atoms with van der Waals surface area (Å²) in [6, 6.07) is 9.53. The summed E-state index contributed by atoms with van der Waals surface area (Å²) in [5, 5.41) is 3.98. The number of ether oxygens (including phenoxy) is 1. The first-order chi connectivity index (χ1) is 12.3. The van der Waals surface area contributed by atoms with Crippen LogP contribution < -0.4 is 5.32 Å². The molecule has 0 bridgehead atoms. The maximum Gasteiger partial charge on any atom is 0.410 e. The van der Waals surface area contributed by atoms with E-state index in [0.29, 0.717) is 25.9 Å². The summed E-state index contributed by atoms with van der Waals surface area (Å²) >= 11 is 0. The van der Waals surface area contributed by atoms with E-state index < -0.39 is 5.60 Å². The van der Waals surface area contributed by atoms with E-state index in [9.17, 15) is 9.59 Å². The highest BCUT2D eigenvalue weighted by Gasteiger charge is 2.29. The Labute approximate surface area is 153 Å². The Balaban J connectivity index is 1.55. The van der Waals surface area contributed by atoms with Gasteiger partial charge in [0, 0.05) is 36.3 Å².